The van der Waals surface area contributed by atoms with Crippen LogP contribution in [-0.4, -0.2) is 18.0 Å². The maximum Gasteiger partial charge on any atom is 0.251 e. The molecule has 1 aromatic carbocycles. The molecule has 0 heterocycles. The number of nitrogens with one attached hydrogen (secondary N) is 2. The molecule has 0 spiro atoms. The van der Waals surface area contributed by atoms with Crippen molar-refractivity contribution in [1.29, 1.82) is 0 Å². The molecule has 0 fully saturated rings. The topological polar surface area (TPSA) is 41.1 Å². The normalized spacial score (nSPS) is 11.3. The molecule has 1 aromatic rings. The van der Waals surface area contributed by atoms with Crippen molar-refractivity contribution in [3.8, 4) is 0 Å². The first-order chi connectivity index (χ1) is 9.30. The lowest BCUT2D eigenvalue weighted by Gasteiger charge is -2.24. The number of hydrogen-bond donors (Lipinski definition) is 2. The van der Waals surface area contributed by atoms with E-state index in [1.54, 1.807) is 0 Å². The zero-order chi connectivity index (χ0) is 15.3. The zero-order valence-corrected chi connectivity index (χ0v) is 12.4. The number of carbonyl (C=O) groups excluding carboxylic acids is 1. The molecule has 1 amide bonds. The third-order valence-electron chi connectivity index (χ3n) is 3.19. The molecule has 2 N–H and O–H groups in total. The monoisotopic (exact) mass is 284 g/mol. The predicted octanol–water partition coefficient (Wildman–Crippen LogP) is 3.71. The van der Waals surface area contributed by atoms with E-state index in [1.165, 1.54) is 0 Å². The quantitative estimate of drug-likeness (QED) is 0.836. The Labute approximate surface area is 118 Å². The molecule has 0 saturated heterocycles. The molecule has 0 aliphatic rings. The van der Waals surface area contributed by atoms with Crippen molar-refractivity contribution in [3.63, 3.8) is 0 Å². The molecule has 0 unspecified atom stereocenters. The minimum atomic E-state index is -0.752. The molecular formula is C15H22F2N2O. The summed E-state index contributed by atoms with van der Waals surface area (Å²) < 4.78 is 27.7. The number of amides is 1. The number of anilines is 1. The zero-order valence-electron chi connectivity index (χ0n) is 12.4. The van der Waals surface area contributed by atoms with E-state index in [1.807, 2.05) is 27.7 Å². The van der Waals surface area contributed by atoms with Crippen LogP contribution < -0.4 is 10.6 Å². The highest BCUT2D eigenvalue weighted by Gasteiger charge is 2.21. The standard InChI is InChI=1S/C15H22F2N2O/c1-5-7-18-13-11(16)8-10(9-12(13)17)14(20)19-15(3,4)6-2/h8-9,18H,5-7H2,1-4H3,(H,19,20). The van der Waals surface area contributed by atoms with E-state index >= 15 is 0 Å². The molecule has 0 radical (unpaired) electrons. The molecular weight excluding hydrogens is 262 g/mol. The van der Waals surface area contributed by atoms with Crippen LogP contribution in [0.5, 0.6) is 0 Å². The van der Waals surface area contributed by atoms with Crippen molar-refractivity contribution < 1.29 is 13.6 Å². The van der Waals surface area contributed by atoms with Gasteiger partial charge in [-0.15, -0.1) is 0 Å². The smallest absolute Gasteiger partial charge is 0.251 e. The fourth-order valence-electron chi connectivity index (χ4n) is 1.59. The van der Waals surface area contributed by atoms with Crippen molar-refractivity contribution in [2.45, 2.75) is 46.1 Å². The number of rotatable bonds is 6. The largest absolute Gasteiger partial charge is 0.380 e. The van der Waals surface area contributed by atoms with Gasteiger partial charge in [0.15, 0.2) is 0 Å². The van der Waals surface area contributed by atoms with Gasteiger partial charge in [-0.1, -0.05) is 13.8 Å². The van der Waals surface area contributed by atoms with E-state index in [4.69, 9.17) is 0 Å². The Bertz CT molecular complexity index is 464. The van der Waals surface area contributed by atoms with Crippen LogP contribution in [0, 0.1) is 11.6 Å². The van der Waals surface area contributed by atoms with E-state index in [2.05, 4.69) is 10.6 Å². The SMILES string of the molecule is CCCNc1c(F)cc(C(=O)NC(C)(C)CC)cc1F. The summed E-state index contributed by atoms with van der Waals surface area (Å²) in [6.07, 6.45) is 1.48. The van der Waals surface area contributed by atoms with E-state index in [9.17, 15) is 13.6 Å². The molecule has 0 aromatic heterocycles. The average Bonchev–Trinajstić information content (AvgIpc) is 2.37. The molecule has 0 aliphatic heterocycles. The molecule has 0 aliphatic carbocycles. The molecule has 112 valence electrons. The fourth-order valence-corrected chi connectivity index (χ4v) is 1.59. The predicted molar refractivity (Wildman–Crippen MR) is 77.0 cm³/mol. The summed E-state index contributed by atoms with van der Waals surface area (Å²) in [5.74, 6) is -1.98. The van der Waals surface area contributed by atoms with Gasteiger partial charge < -0.3 is 10.6 Å². The van der Waals surface area contributed by atoms with Crippen molar-refractivity contribution in [2.24, 2.45) is 0 Å². The van der Waals surface area contributed by atoms with E-state index in [-0.39, 0.29) is 11.3 Å². The van der Waals surface area contributed by atoms with Crippen molar-refractivity contribution in [3.05, 3.63) is 29.3 Å². The number of carbonyl (C=O) groups is 1. The number of halogens is 2. The van der Waals surface area contributed by atoms with Gasteiger partial charge in [0, 0.05) is 17.6 Å². The maximum absolute atomic E-state index is 13.8. The Morgan fingerprint density at radius 2 is 1.75 bits per heavy atom. The summed E-state index contributed by atoms with van der Waals surface area (Å²) >= 11 is 0. The molecule has 0 bridgehead atoms. The van der Waals surface area contributed by atoms with Crippen molar-refractivity contribution in [2.75, 3.05) is 11.9 Å². The average molecular weight is 284 g/mol. The second-order valence-electron chi connectivity index (χ2n) is 5.43. The van der Waals surface area contributed by atoms with Gasteiger partial charge in [-0.05, 0) is 38.8 Å². The van der Waals surface area contributed by atoms with E-state index in [0.29, 0.717) is 6.54 Å². The van der Waals surface area contributed by atoms with Crippen LogP contribution >= 0.6 is 0 Å². The van der Waals surface area contributed by atoms with Gasteiger partial charge in [0.25, 0.3) is 5.91 Å². The molecule has 5 heteroatoms. The molecule has 0 saturated carbocycles. The minimum absolute atomic E-state index is 0.0106. The number of benzene rings is 1. The van der Waals surface area contributed by atoms with Crippen LogP contribution in [0.25, 0.3) is 0 Å². The summed E-state index contributed by atoms with van der Waals surface area (Å²) in [6, 6.07) is 2.12. The highest BCUT2D eigenvalue weighted by molar-refractivity contribution is 5.95. The minimum Gasteiger partial charge on any atom is -0.380 e. The highest BCUT2D eigenvalue weighted by Crippen LogP contribution is 2.21. The lowest BCUT2D eigenvalue weighted by molar-refractivity contribution is 0.0910. The van der Waals surface area contributed by atoms with E-state index in [0.717, 1.165) is 25.0 Å². The lowest BCUT2D eigenvalue weighted by Crippen LogP contribution is -2.42. The van der Waals surface area contributed by atoms with Gasteiger partial charge in [0.05, 0.1) is 0 Å². The molecule has 1 rings (SSSR count). The Morgan fingerprint density at radius 3 is 2.20 bits per heavy atom. The van der Waals surface area contributed by atoms with Crippen LogP contribution in [0.1, 0.15) is 50.9 Å². The third kappa shape index (κ3) is 4.18. The Balaban J connectivity index is 2.96. The molecule has 3 nitrogen and oxygen atoms in total. The second kappa shape index (κ2) is 6.68. The van der Waals surface area contributed by atoms with Gasteiger partial charge in [0.2, 0.25) is 0 Å². The Morgan fingerprint density at radius 1 is 1.20 bits per heavy atom. The molecule has 0 atom stereocenters. The van der Waals surface area contributed by atoms with Gasteiger partial charge >= 0.3 is 0 Å². The Hall–Kier alpha value is -1.65. The first-order valence-electron chi connectivity index (χ1n) is 6.86. The molecule has 20 heavy (non-hydrogen) atoms. The second-order valence-corrected chi connectivity index (χ2v) is 5.43. The van der Waals surface area contributed by atoms with Gasteiger partial charge in [0.1, 0.15) is 17.3 Å². The van der Waals surface area contributed by atoms with Gasteiger partial charge in [-0.3, -0.25) is 4.79 Å². The lowest BCUT2D eigenvalue weighted by atomic mass is 10.0. The van der Waals surface area contributed by atoms with Gasteiger partial charge in [-0.2, -0.15) is 0 Å². The summed E-state index contributed by atoms with van der Waals surface area (Å²) in [4.78, 5) is 12.0. The van der Waals surface area contributed by atoms with Crippen molar-refractivity contribution in [1.82, 2.24) is 5.32 Å². The third-order valence-corrected chi connectivity index (χ3v) is 3.19. The van der Waals surface area contributed by atoms with Crippen LogP contribution in [0.4, 0.5) is 14.5 Å². The fraction of sp³-hybridized carbons (Fsp3) is 0.533. The Kier molecular flexibility index (Phi) is 5.48. The van der Waals surface area contributed by atoms with Gasteiger partial charge in [-0.25, -0.2) is 8.78 Å². The van der Waals surface area contributed by atoms with Crippen LogP contribution in [0.2, 0.25) is 0 Å². The van der Waals surface area contributed by atoms with Crippen LogP contribution in [0.3, 0.4) is 0 Å². The number of hydrogen-bond acceptors (Lipinski definition) is 2. The first-order valence-corrected chi connectivity index (χ1v) is 6.86. The van der Waals surface area contributed by atoms with E-state index < -0.39 is 23.1 Å². The van der Waals surface area contributed by atoms with Crippen LogP contribution in [-0.2, 0) is 0 Å². The summed E-state index contributed by atoms with van der Waals surface area (Å²) in [6.45, 7) is 8.02. The van der Waals surface area contributed by atoms with Crippen molar-refractivity contribution >= 4 is 11.6 Å². The summed E-state index contributed by atoms with van der Waals surface area (Å²) in [5, 5.41) is 5.42. The van der Waals surface area contributed by atoms with Crippen LogP contribution in [0.15, 0.2) is 12.1 Å². The maximum atomic E-state index is 13.8. The summed E-state index contributed by atoms with van der Waals surface area (Å²) in [5.41, 5.74) is -0.606. The summed E-state index contributed by atoms with van der Waals surface area (Å²) in [7, 11) is 0. The highest BCUT2D eigenvalue weighted by atomic mass is 19.1. The first kappa shape index (κ1) is 16.4.